The molecule has 1 saturated carbocycles. The molecule has 5 nitrogen and oxygen atoms in total. The third-order valence-electron chi connectivity index (χ3n) is 5.32. The van der Waals surface area contributed by atoms with Crippen LogP contribution in [0.1, 0.15) is 37.7 Å². The Kier molecular flexibility index (Phi) is 5.70. The third kappa shape index (κ3) is 3.95. The van der Waals surface area contributed by atoms with Crippen molar-refractivity contribution in [2.24, 2.45) is 0 Å². The molecule has 1 N–H and O–H groups in total. The first kappa shape index (κ1) is 19.0. The maximum Gasteiger partial charge on any atom is 0.260 e. The van der Waals surface area contributed by atoms with E-state index in [4.69, 9.17) is 16.3 Å². The number of nitrogens with one attached hydrogen (secondary N) is 1. The molecule has 0 unspecified atom stereocenters. The summed E-state index contributed by atoms with van der Waals surface area (Å²) in [6.45, 7) is 2.34. The van der Waals surface area contributed by atoms with Gasteiger partial charge in [-0.1, -0.05) is 6.07 Å². The van der Waals surface area contributed by atoms with Crippen LogP contribution in [-0.2, 0) is 9.59 Å². The summed E-state index contributed by atoms with van der Waals surface area (Å²) in [6, 6.07) is 4.65. The zero-order valence-electron chi connectivity index (χ0n) is 14.9. The van der Waals surface area contributed by atoms with Gasteiger partial charge >= 0.3 is 0 Å². The molecular formula is C19H24ClFN2O3. The van der Waals surface area contributed by atoms with Crippen molar-refractivity contribution < 1.29 is 18.7 Å². The SMILES string of the molecule is Cc1ccc(F)c(OCC(=O)N2CCCCC23CC(NC(=O)CCl)C3)c1. The van der Waals surface area contributed by atoms with E-state index in [1.807, 2.05) is 11.8 Å². The number of carbonyl (C=O) groups excluding carboxylic acids is 2. The number of alkyl halides is 1. The maximum absolute atomic E-state index is 13.8. The fourth-order valence-corrected chi connectivity index (χ4v) is 4.15. The monoisotopic (exact) mass is 382 g/mol. The van der Waals surface area contributed by atoms with Gasteiger partial charge in [-0.2, -0.15) is 0 Å². The molecule has 0 aromatic heterocycles. The van der Waals surface area contributed by atoms with Crippen LogP contribution >= 0.6 is 11.6 Å². The van der Waals surface area contributed by atoms with Crippen LogP contribution in [0, 0.1) is 12.7 Å². The number of benzene rings is 1. The number of nitrogens with zero attached hydrogens (tertiary/aromatic N) is 1. The molecular weight excluding hydrogens is 359 g/mol. The maximum atomic E-state index is 13.8. The van der Waals surface area contributed by atoms with Gasteiger partial charge in [0, 0.05) is 18.1 Å². The average Bonchev–Trinajstić information content (AvgIpc) is 2.61. The van der Waals surface area contributed by atoms with Crippen LogP contribution in [0.15, 0.2) is 18.2 Å². The van der Waals surface area contributed by atoms with Crippen LogP contribution in [0.4, 0.5) is 4.39 Å². The zero-order valence-corrected chi connectivity index (χ0v) is 15.7. The number of rotatable bonds is 5. The summed E-state index contributed by atoms with van der Waals surface area (Å²) < 4.78 is 19.2. The van der Waals surface area contributed by atoms with Gasteiger partial charge < -0.3 is 15.0 Å². The van der Waals surface area contributed by atoms with E-state index in [-0.39, 0.29) is 41.6 Å². The zero-order chi connectivity index (χ0) is 18.7. The van der Waals surface area contributed by atoms with E-state index in [1.54, 1.807) is 12.1 Å². The number of hydrogen-bond acceptors (Lipinski definition) is 3. The molecule has 2 fully saturated rings. The second kappa shape index (κ2) is 7.82. The predicted octanol–water partition coefficient (Wildman–Crippen LogP) is 2.78. The third-order valence-corrected chi connectivity index (χ3v) is 5.57. The van der Waals surface area contributed by atoms with Crippen molar-refractivity contribution in [3.63, 3.8) is 0 Å². The Labute approximate surface area is 157 Å². The largest absolute Gasteiger partial charge is 0.481 e. The number of hydrogen-bond donors (Lipinski definition) is 1. The van der Waals surface area contributed by atoms with Gasteiger partial charge in [0.05, 0.1) is 0 Å². The van der Waals surface area contributed by atoms with E-state index in [0.29, 0.717) is 6.54 Å². The van der Waals surface area contributed by atoms with E-state index in [1.165, 1.54) is 6.07 Å². The molecule has 3 rings (SSSR count). The number of aryl methyl sites for hydroxylation is 1. The molecule has 1 spiro atoms. The minimum absolute atomic E-state index is 0.0535. The fourth-order valence-electron chi connectivity index (χ4n) is 4.07. The summed E-state index contributed by atoms with van der Waals surface area (Å²) in [5.74, 6) is -0.733. The highest BCUT2D eigenvalue weighted by Gasteiger charge is 2.51. The summed E-state index contributed by atoms with van der Waals surface area (Å²) >= 11 is 5.53. The molecule has 1 saturated heterocycles. The fraction of sp³-hybridized carbons (Fsp3) is 0.579. The Balaban J connectivity index is 1.60. The second-order valence-electron chi connectivity index (χ2n) is 7.26. The minimum atomic E-state index is -0.468. The highest BCUT2D eigenvalue weighted by atomic mass is 35.5. The molecule has 142 valence electrons. The number of amides is 2. The number of halogens is 2. The number of ether oxygens (including phenoxy) is 1. The van der Waals surface area contributed by atoms with Gasteiger partial charge in [0.25, 0.3) is 5.91 Å². The van der Waals surface area contributed by atoms with Crippen molar-refractivity contribution in [1.29, 1.82) is 0 Å². The first-order chi connectivity index (χ1) is 12.4. The number of likely N-dealkylation sites (tertiary alicyclic amines) is 1. The Hall–Kier alpha value is -1.82. The van der Waals surface area contributed by atoms with Crippen LogP contribution < -0.4 is 10.1 Å². The summed E-state index contributed by atoms with van der Waals surface area (Å²) in [5, 5.41) is 2.88. The van der Waals surface area contributed by atoms with Gasteiger partial charge in [-0.3, -0.25) is 9.59 Å². The van der Waals surface area contributed by atoms with Gasteiger partial charge in [-0.05, 0) is 56.7 Å². The van der Waals surface area contributed by atoms with Crippen molar-refractivity contribution in [3.05, 3.63) is 29.6 Å². The quantitative estimate of drug-likeness (QED) is 0.797. The molecule has 2 amide bonds. The Morgan fingerprint density at radius 3 is 2.88 bits per heavy atom. The van der Waals surface area contributed by atoms with Crippen LogP contribution in [0.3, 0.4) is 0 Å². The van der Waals surface area contributed by atoms with Crippen molar-refractivity contribution in [1.82, 2.24) is 10.2 Å². The molecule has 0 radical (unpaired) electrons. The molecule has 1 aromatic carbocycles. The summed E-state index contributed by atoms with van der Waals surface area (Å²) in [6.07, 6.45) is 4.41. The smallest absolute Gasteiger partial charge is 0.260 e. The molecule has 2 aliphatic rings. The lowest BCUT2D eigenvalue weighted by molar-refractivity contribution is -0.149. The standard InChI is InChI=1S/C19H24ClFN2O3/c1-13-4-5-15(21)16(8-13)26-12-18(25)23-7-3-2-6-19(23)9-14(10-19)22-17(24)11-20/h4-5,8,14H,2-3,6-7,9-12H2,1H3,(H,22,24). The Morgan fingerprint density at radius 1 is 1.38 bits per heavy atom. The number of carbonyl (C=O) groups is 2. The molecule has 0 atom stereocenters. The van der Waals surface area contributed by atoms with Crippen LogP contribution in [-0.4, -0.2) is 47.3 Å². The van der Waals surface area contributed by atoms with Gasteiger partial charge in [0.2, 0.25) is 5.91 Å². The lowest BCUT2D eigenvalue weighted by atomic mass is 9.66. The number of piperidine rings is 1. The normalized spacial score (nSPS) is 24.9. The molecule has 1 heterocycles. The molecule has 1 aliphatic heterocycles. The van der Waals surface area contributed by atoms with Crippen LogP contribution in [0.25, 0.3) is 0 Å². The van der Waals surface area contributed by atoms with Gasteiger partial charge in [0.1, 0.15) is 5.88 Å². The van der Waals surface area contributed by atoms with Crippen molar-refractivity contribution in [2.75, 3.05) is 19.0 Å². The molecule has 1 aromatic rings. The first-order valence-corrected chi connectivity index (χ1v) is 9.52. The highest BCUT2D eigenvalue weighted by Crippen LogP contribution is 2.44. The average molecular weight is 383 g/mol. The Bertz CT molecular complexity index is 691. The van der Waals surface area contributed by atoms with Crippen molar-refractivity contribution >= 4 is 23.4 Å². The van der Waals surface area contributed by atoms with Gasteiger partial charge in [-0.15, -0.1) is 11.6 Å². The lowest BCUT2D eigenvalue weighted by Gasteiger charge is -2.56. The Morgan fingerprint density at radius 2 is 2.15 bits per heavy atom. The molecule has 7 heteroatoms. The molecule has 1 aliphatic carbocycles. The lowest BCUT2D eigenvalue weighted by Crippen LogP contribution is -2.67. The van der Waals surface area contributed by atoms with Gasteiger partial charge in [-0.25, -0.2) is 4.39 Å². The second-order valence-corrected chi connectivity index (χ2v) is 7.52. The summed E-state index contributed by atoms with van der Waals surface area (Å²) in [4.78, 5) is 26.0. The van der Waals surface area contributed by atoms with Gasteiger partial charge in [0.15, 0.2) is 18.2 Å². The van der Waals surface area contributed by atoms with Crippen molar-refractivity contribution in [2.45, 2.75) is 50.6 Å². The van der Waals surface area contributed by atoms with Crippen LogP contribution in [0.2, 0.25) is 0 Å². The first-order valence-electron chi connectivity index (χ1n) is 8.98. The van der Waals surface area contributed by atoms with Crippen LogP contribution in [0.5, 0.6) is 5.75 Å². The molecule has 26 heavy (non-hydrogen) atoms. The molecule has 0 bridgehead atoms. The van der Waals surface area contributed by atoms with E-state index in [0.717, 1.165) is 37.7 Å². The minimum Gasteiger partial charge on any atom is -0.481 e. The van der Waals surface area contributed by atoms with Crippen molar-refractivity contribution in [3.8, 4) is 5.75 Å². The predicted molar refractivity (Wildman–Crippen MR) is 96.8 cm³/mol. The van der Waals surface area contributed by atoms with E-state index in [9.17, 15) is 14.0 Å². The van der Waals surface area contributed by atoms with E-state index < -0.39 is 5.82 Å². The highest BCUT2D eigenvalue weighted by molar-refractivity contribution is 6.27. The topological polar surface area (TPSA) is 58.6 Å². The van der Waals surface area contributed by atoms with E-state index >= 15 is 0 Å². The summed E-state index contributed by atoms with van der Waals surface area (Å²) in [5.41, 5.74) is 0.661. The van der Waals surface area contributed by atoms with E-state index in [2.05, 4.69) is 5.32 Å². The summed E-state index contributed by atoms with van der Waals surface area (Å²) in [7, 11) is 0.